The van der Waals surface area contributed by atoms with Gasteiger partial charge in [-0.3, -0.25) is 14.5 Å². The summed E-state index contributed by atoms with van der Waals surface area (Å²) >= 11 is 0. The number of esters is 2. The summed E-state index contributed by atoms with van der Waals surface area (Å²) in [6.45, 7) is 0. The first kappa shape index (κ1) is 29.6. The van der Waals surface area contributed by atoms with Crippen molar-refractivity contribution >= 4 is 23.4 Å². The summed E-state index contributed by atoms with van der Waals surface area (Å²) in [6.07, 6.45) is -4.80. The van der Waals surface area contributed by atoms with E-state index in [9.17, 15) is 27.6 Å². The van der Waals surface area contributed by atoms with E-state index < -0.39 is 53.0 Å². The Labute approximate surface area is 244 Å². The van der Waals surface area contributed by atoms with Gasteiger partial charge in [-0.1, -0.05) is 54.6 Å². The molecule has 0 radical (unpaired) electrons. The van der Waals surface area contributed by atoms with Gasteiger partial charge in [0, 0.05) is 28.4 Å². The molecule has 3 aromatic carbocycles. The summed E-state index contributed by atoms with van der Waals surface area (Å²) in [5, 5.41) is 0. The average molecular weight is 595 g/mol. The van der Waals surface area contributed by atoms with Crippen LogP contribution in [-0.4, -0.2) is 31.9 Å². The molecule has 0 unspecified atom stereocenters. The number of rotatable bonds is 5. The van der Waals surface area contributed by atoms with Crippen LogP contribution in [0.15, 0.2) is 102 Å². The maximum atomic E-state index is 15.4. The number of anilines is 1. The lowest BCUT2D eigenvalue weighted by molar-refractivity contribution is -0.150. The molecule has 0 saturated carbocycles. The van der Waals surface area contributed by atoms with E-state index in [1.165, 1.54) is 35.2 Å². The summed E-state index contributed by atoms with van der Waals surface area (Å²) in [5.74, 6) is -7.41. The SMILES string of the molecule is COC(=O)C1=C(N)N(c2cccc(C(F)(F)F)c2)C2=C(C(=O)[C@@H](C(=O)OC)[C@H](c3ccccc3)C2)[C@@H]1c1ccccc1F. The Balaban J connectivity index is 1.86. The van der Waals surface area contributed by atoms with Crippen molar-refractivity contribution in [3.8, 4) is 0 Å². The van der Waals surface area contributed by atoms with Crippen LogP contribution in [0, 0.1) is 11.7 Å². The molecule has 222 valence electrons. The number of ketones is 1. The Kier molecular flexibility index (Phi) is 7.83. The van der Waals surface area contributed by atoms with Crippen LogP contribution in [0.3, 0.4) is 0 Å². The van der Waals surface area contributed by atoms with Gasteiger partial charge in [-0.05, 0) is 36.2 Å². The summed E-state index contributed by atoms with van der Waals surface area (Å²) in [5.41, 5.74) is 5.58. The topological polar surface area (TPSA) is 98.9 Å². The number of halogens is 4. The molecule has 5 rings (SSSR count). The summed E-state index contributed by atoms with van der Waals surface area (Å²) in [7, 11) is 2.19. The van der Waals surface area contributed by atoms with Gasteiger partial charge < -0.3 is 15.2 Å². The maximum absolute atomic E-state index is 15.4. The number of alkyl halides is 3. The van der Waals surface area contributed by atoms with Gasteiger partial charge in [0.15, 0.2) is 5.78 Å². The predicted octanol–water partition coefficient (Wildman–Crippen LogP) is 5.59. The quantitative estimate of drug-likeness (QED) is 0.234. The third-order valence-corrected chi connectivity index (χ3v) is 7.77. The van der Waals surface area contributed by atoms with E-state index in [0.29, 0.717) is 5.56 Å². The van der Waals surface area contributed by atoms with Gasteiger partial charge >= 0.3 is 18.1 Å². The van der Waals surface area contributed by atoms with E-state index in [1.54, 1.807) is 30.3 Å². The highest BCUT2D eigenvalue weighted by Gasteiger charge is 2.51. The van der Waals surface area contributed by atoms with Gasteiger partial charge in [0.05, 0.1) is 31.3 Å². The standard InChI is InChI=1S/C32H26F4N2O5/c1-42-30(40)25-21(17-9-4-3-5-10-17)16-23-26(28(25)39)24(20-13-6-7-14-22(20)33)27(31(41)43-2)29(37)38(23)19-12-8-11-18(15-19)32(34,35)36/h3-15,21,24-25H,16,37H2,1-2H3/t21-,24-,25-/m0/s1. The average Bonchev–Trinajstić information content (AvgIpc) is 3.00. The number of carbonyl (C=O) groups is 3. The highest BCUT2D eigenvalue weighted by molar-refractivity contribution is 6.14. The van der Waals surface area contributed by atoms with Crippen LogP contribution in [0.1, 0.15) is 34.9 Å². The molecule has 2 aliphatic rings. The van der Waals surface area contributed by atoms with Crippen LogP contribution >= 0.6 is 0 Å². The molecule has 0 bridgehead atoms. The third kappa shape index (κ3) is 5.15. The molecule has 1 aliphatic heterocycles. The van der Waals surface area contributed by atoms with Crippen LogP contribution < -0.4 is 10.6 Å². The van der Waals surface area contributed by atoms with Gasteiger partial charge in [0.25, 0.3) is 0 Å². The number of Topliss-reactive ketones (excluding diaryl/α,β-unsaturated/α-hetero) is 1. The molecule has 3 atom stereocenters. The van der Waals surface area contributed by atoms with Gasteiger partial charge in [-0.25, -0.2) is 9.18 Å². The van der Waals surface area contributed by atoms with Crippen LogP contribution in [0.4, 0.5) is 23.2 Å². The molecule has 2 N–H and O–H groups in total. The highest BCUT2D eigenvalue weighted by Crippen LogP contribution is 2.52. The molecule has 7 nitrogen and oxygen atoms in total. The summed E-state index contributed by atoms with van der Waals surface area (Å²) in [4.78, 5) is 42.2. The zero-order chi connectivity index (χ0) is 31.1. The molecule has 3 aromatic rings. The van der Waals surface area contributed by atoms with E-state index in [2.05, 4.69) is 0 Å². The van der Waals surface area contributed by atoms with E-state index in [1.807, 2.05) is 0 Å². The second-order valence-corrected chi connectivity index (χ2v) is 10.1. The number of ether oxygens (including phenoxy) is 2. The van der Waals surface area contributed by atoms with E-state index in [0.717, 1.165) is 32.4 Å². The lowest BCUT2D eigenvalue weighted by Gasteiger charge is -2.44. The van der Waals surface area contributed by atoms with Crippen molar-refractivity contribution in [2.75, 3.05) is 19.1 Å². The van der Waals surface area contributed by atoms with Crippen molar-refractivity contribution in [1.82, 2.24) is 0 Å². The number of hydrogen-bond donors (Lipinski definition) is 1. The molecule has 1 aliphatic carbocycles. The fourth-order valence-electron chi connectivity index (χ4n) is 5.88. The molecule has 0 fully saturated rings. The fourth-order valence-corrected chi connectivity index (χ4v) is 5.88. The van der Waals surface area contributed by atoms with Crippen molar-refractivity contribution < 1.29 is 41.4 Å². The number of hydrogen-bond acceptors (Lipinski definition) is 7. The molecule has 43 heavy (non-hydrogen) atoms. The number of benzene rings is 3. The summed E-state index contributed by atoms with van der Waals surface area (Å²) in [6, 6.07) is 18.3. The number of nitrogens with zero attached hydrogens (tertiary/aromatic N) is 1. The number of methoxy groups -OCH3 is 2. The maximum Gasteiger partial charge on any atom is 0.416 e. The van der Waals surface area contributed by atoms with E-state index >= 15 is 4.39 Å². The number of allylic oxidation sites excluding steroid dienone is 2. The zero-order valence-electron chi connectivity index (χ0n) is 23.0. The first-order valence-electron chi connectivity index (χ1n) is 13.2. The minimum atomic E-state index is -4.71. The first-order valence-corrected chi connectivity index (χ1v) is 13.2. The largest absolute Gasteiger partial charge is 0.468 e. The lowest BCUT2D eigenvalue weighted by Crippen LogP contribution is -2.46. The van der Waals surface area contributed by atoms with Crippen molar-refractivity contribution in [2.45, 2.75) is 24.4 Å². The second kappa shape index (κ2) is 11.4. The van der Waals surface area contributed by atoms with E-state index in [-0.39, 0.29) is 40.3 Å². The van der Waals surface area contributed by atoms with Crippen molar-refractivity contribution in [3.63, 3.8) is 0 Å². The van der Waals surface area contributed by atoms with Gasteiger partial charge in [-0.2, -0.15) is 13.2 Å². The minimum absolute atomic E-state index is 0.0821. The number of nitrogens with two attached hydrogens (primary N) is 1. The molecule has 0 amide bonds. The van der Waals surface area contributed by atoms with Gasteiger partial charge in [-0.15, -0.1) is 0 Å². The molecule has 0 spiro atoms. The van der Waals surface area contributed by atoms with Crippen molar-refractivity contribution in [1.29, 1.82) is 0 Å². The first-order chi connectivity index (χ1) is 20.5. The normalized spacial score (nSPS) is 20.6. The highest BCUT2D eigenvalue weighted by atomic mass is 19.4. The Morgan fingerprint density at radius 1 is 0.930 bits per heavy atom. The van der Waals surface area contributed by atoms with Crippen LogP contribution in [0.2, 0.25) is 0 Å². The zero-order valence-corrected chi connectivity index (χ0v) is 23.0. The van der Waals surface area contributed by atoms with E-state index in [4.69, 9.17) is 15.2 Å². The Morgan fingerprint density at radius 3 is 2.23 bits per heavy atom. The van der Waals surface area contributed by atoms with Crippen LogP contribution in [-0.2, 0) is 30.0 Å². The Bertz CT molecular complexity index is 1670. The Morgan fingerprint density at radius 2 is 1.60 bits per heavy atom. The molecule has 0 aromatic heterocycles. The monoisotopic (exact) mass is 594 g/mol. The smallest absolute Gasteiger partial charge is 0.416 e. The molecular formula is C32H26F4N2O5. The summed E-state index contributed by atoms with van der Waals surface area (Å²) < 4.78 is 66.8. The minimum Gasteiger partial charge on any atom is -0.468 e. The van der Waals surface area contributed by atoms with Crippen molar-refractivity contribution in [2.24, 2.45) is 11.7 Å². The molecule has 11 heteroatoms. The van der Waals surface area contributed by atoms with Crippen LogP contribution in [0.5, 0.6) is 0 Å². The third-order valence-electron chi connectivity index (χ3n) is 7.77. The lowest BCUT2D eigenvalue weighted by atomic mass is 9.67. The van der Waals surface area contributed by atoms with Gasteiger partial charge in [0.2, 0.25) is 0 Å². The second-order valence-electron chi connectivity index (χ2n) is 10.1. The fraction of sp³-hybridized carbons (Fsp3) is 0.219. The number of carbonyl (C=O) groups excluding carboxylic acids is 3. The molecule has 0 saturated heterocycles. The molecule has 1 heterocycles. The molecular weight excluding hydrogens is 568 g/mol. The Hall–Kier alpha value is -4.93. The van der Waals surface area contributed by atoms with Crippen LogP contribution in [0.25, 0.3) is 0 Å². The predicted molar refractivity (Wildman–Crippen MR) is 148 cm³/mol. The van der Waals surface area contributed by atoms with Crippen molar-refractivity contribution in [3.05, 3.63) is 124 Å². The van der Waals surface area contributed by atoms with Gasteiger partial charge in [0.1, 0.15) is 17.6 Å².